The Balaban J connectivity index is 1.53. The predicted octanol–water partition coefficient (Wildman–Crippen LogP) is 9.01. The smallest absolute Gasteiger partial charge is 0.227 e. The highest BCUT2D eigenvalue weighted by Crippen LogP contribution is 2.40. The summed E-state index contributed by atoms with van der Waals surface area (Å²) in [6.45, 7) is 10.9. The van der Waals surface area contributed by atoms with E-state index in [4.69, 9.17) is 13.8 Å². The molecule has 0 aliphatic heterocycles. The van der Waals surface area contributed by atoms with Crippen LogP contribution in [0.25, 0.3) is 55.7 Å². The molecular weight excluding hydrogens is 432 g/mol. The van der Waals surface area contributed by atoms with Gasteiger partial charge in [0.05, 0.1) is 5.69 Å². The molecule has 4 heteroatoms. The summed E-state index contributed by atoms with van der Waals surface area (Å²) in [6.07, 6.45) is 0. The number of nitrogens with zero attached hydrogens (tertiary/aromatic N) is 2. The Morgan fingerprint density at radius 3 is 2.20 bits per heavy atom. The largest absolute Gasteiger partial charge is 0.454 e. The third kappa shape index (κ3) is 3.52. The van der Waals surface area contributed by atoms with E-state index in [1.165, 1.54) is 16.7 Å². The molecule has 0 unspecified atom stereocenters. The van der Waals surface area contributed by atoms with E-state index in [9.17, 15) is 0 Å². The zero-order valence-corrected chi connectivity index (χ0v) is 20.7. The van der Waals surface area contributed by atoms with Crippen LogP contribution in [0.3, 0.4) is 0 Å². The van der Waals surface area contributed by atoms with Gasteiger partial charge in [0, 0.05) is 33.7 Å². The second-order valence-electron chi connectivity index (χ2n) is 9.90. The highest BCUT2D eigenvalue weighted by atomic mass is 16.3. The van der Waals surface area contributed by atoms with Gasteiger partial charge in [0.25, 0.3) is 0 Å². The quantitative estimate of drug-likeness (QED) is 0.263. The molecular formula is C31H28N2O2. The molecule has 0 bridgehead atoms. The number of benzene rings is 2. The van der Waals surface area contributed by atoms with Crippen LogP contribution in [0.4, 0.5) is 0 Å². The molecule has 4 nitrogen and oxygen atoms in total. The van der Waals surface area contributed by atoms with Gasteiger partial charge in [-0.25, -0.2) is 9.97 Å². The Hall–Kier alpha value is -3.92. The number of hydrogen-bond acceptors (Lipinski definition) is 4. The van der Waals surface area contributed by atoms with E-state index in [2.05, 4.69) is 75.1 Å². The van der Waals surface area contributed by atoms with E-state index in [1.54, 1.807) is 0 Å². The number of pyridine rings is 2. The van der Waals surface area contributed by atoms with Gasteiger partial charge >= 0.3 is 0 Å². The average molecular weight is 461 g/mol. The SMILES string of the molecule is Cc1ccc2c(n1)oc1c(-c3ccc4oc(-c5c(C(C)C)cccc5C(C)C)cc4n3)cccc12. The van der Waals surface area contributed by atoms with E-state index in [0.717, 1.165) is 50.2 Å². The molecule has 0 saturated carbocycles. The van der Waals surface area contributed by atoms with Crippen LogP contribution in [0.2, 0.25) is 0 Å². The normalized spacial score (nSPS) is 12.1. The standard InChI is InChI=1S/C31H28N2O2/c1-17(2)20-8-6-9-21(18(3)4)29(20)28-16-26-27(34-28)15-14-25(33-26)24-11-7-10-22-23-13-12-19(5)32-31(23)35-30(22)24/h6-18H,1-5H3. The van der Waals surface area contributed by atoms with Crippen LogP contribution >= 0.6 is 0 Å². The van der Waals surface area contributed by atoms with Crippen molar-refractivity contribution >= 4 is 33.2 Å². The van der Waals surface area contributed by atoms with Crippen molar-refractivity contribution in [3.63, 3.8) is 0 Å². The molecule has 6 rings (SSSR count). The number of aryl methyl sites for hydroxylation is 1. The van der Waals surface area contributed by atoms with Crippen LogP contribution in [-0.4, -0.2) is 9.97 Å². The highest BCUT2D eigenvalue weighted by molar-refractivity contribution is 6.08. The van der Waals surface area contributed by atoms with Gasteiger partial charge in [-0.15, -0.1) is 0 Å². The van der Waals surface area contributed by atoms with E-state index < -0.39 is 0 Å². The molecule has 0 aliphatic carbocycles. The van der Waals surface area contributed by atoms with Crippen molar-refractivity contribution in [3.8, 4) is 22.6 Å². The average Bonchev–Trinajstić information content (AvgIpc) is 3.43. The molecule has 0 spiro atoms. The number of furan rings is 2. The summed E-state index contributed by atoms with van der Waals surface area (Å²) in [4.78, 5) is 9.58. The first kappa shape index (κ1) is 21.6. The number of para-hydroxylation sites is 1. The molecule has 6 aromatic rings. The van der Waals surface area contributed by atoms with Gasteiger partial charge in [-0.2, -0.15) is 0 Å². The van der Waals surface area contributed by atoms with Crippen LogP contribution in [0.5, 0.6) is 0 Å². The van der Waals surface area contributed by atoms with Crippen molar-refractivity contribution < 1.29 is 8.83 Å². The summed E-state index contributed by atoms with van der Waals surface area (Å²) < 4.78 is 12.6. The monoisotopic (exact) mass is 460 g/mol. The molecule has 4 heterocycles. The third-order valence-electron chi connectivity index (χ3n) is 6.77. The van der Waals surface area contributed by atoms with E-state index >= 15 is 0 Å². The van der Waals surface area contributed by atoms with Crippen LogP contribution in [0, 0.1) is 6.92 Å². The summed E-state index contributed by atoms with van der Waals surface area (Å²) in [7, 11) is 0. The van der Waals surface area contributed by atoms with Gasteiger partial charge in [0.1, 0.15) is 16.9 Å². The molecule has 0 atom stereocenters. The Bertz CT molecular complexity index is 1690. The molecule has 0 fully saturated rings. The lowest BCUT2D eigenvalue weighted by atomic mass is 9.87. The topological polar surface area (TPSA) is 52.1 Å². The van der Waals surface area contributed by atoms with Crippen LogP contribution in [0.1, 0.15) is 56.4 Å². The van der Waals surface area contributed by atoms with E-state index in [-0.39, 0.29) is 0 Å². The van der Waals surface area contributed by atoms with Crippen LogP contribution in [-0.2, 0) is 0 Å². The minimum atomic E-state index is 0.392. The lowest BCUT2D eigenvalue weighted by Crippen LogP contribution is -1.98. The van der Waals surface area contributed by atoms with Crippen molar-refractivity contribution in [1.82, 2.24) is 9.97 Å². The van der Waals surface area contributed by atoms with Crippen molar-refractivity contribution in [3.05, 3.63) is 83.6 Å². The number of aromatic nitrogens is 2. The highest BCUT2D eigenvalue weighted by Gasteiger charge is 2.20. The minimum Gasteiger partial charge on any atom is -0.454 e. The van der Waals surface area contributed by atoms with Gasteiger partial charge in [-0.1, -0.05) is 58.0 Å². The maximum atomic E-state index is 6.38. The van der Waals surface area contributed by atoms with Gasteiger partial charge in [-0.3, -0.25) is 0 Å². The molecule has 174 valence electrons. The van der Waals surface area contributed by atoms with Crippen molar-refractivity contribution in [2.45, 2.75) is 46.5 Å². The van der Waals surface area contributed by atoms with Crippen LogP contribution < -0.4 is 0 Å². The van der Waals surface area contributed by atoms with Crippen molar-refractivity contribution in [2.24, 2.45) is 0 Å². The summed E-state index contributed by atoms with van der Waals surface area (Å²) in [5.74, 6) is 1.66. The Morgan fingerprint density at radius 1 is 0.714 bits per heavy atom. The second-order valence-corrected chi connectivity index (χ2v) is 9.90. The molecule has 0 amide bonds. The van der Waals surface area contributed by atoms with Crippen LogP contribution in [0.15, 0.2) is 75.6 Å². The Morgan fingerprint density at radius 2 is 1.46 bits per heavy atom. The Labute approximate surface area is 204 Å². The maximum Gasteiger partial charge on any atom is 0.227 e. The number of fused-ring (bicyclic) bond motifs is 4. The lowest BCUT2D eigenvalue weighted by molar-refractivity contribution is 0.626. The fourth-order valence-corrected chi connectivity index (χ4v) is 5.01. The summed E-state index contributed by atoms with van der Waals surface area (Å²) in [6, 6.07) is 22.9. The fourth-order valence-electron chi connectivity index (χ4n) is 5.01. The Kier molecular flexibility index (Phi) is 4.99. The third-order valence-corrected chi connectivity index (χ3v) is 6.77. The van der Waals surface area contributed by atoms with Crippen molar-refractivity contribution in [1.29, 1.82) is 0 Å². The number of hydrogen-bond donors (Lipinski definition) is 0. The molecule has 0 aliphatic rings. The van der Waals surface area contributed by atoms with Crippen molar-refractivity contribution in [2.75, 3.05) is 0 Å². The maximum absolute atomic E-state index is 6.38. The summed E-state index contributed by atoms with van der Waals surface area (Å²) in [5.41, 5.74) is 9.62. The first-order valence-electron chi connectivity index (χ1n) is 12.2. The molecule has 0 N–H and O–H groups in total. The predicted molar refractivity (Wildman–Crippen MR) is 143 cm³/mol. The van der Waals surface area contributed by atoms with Gasteiger partial charge in [-0.05, 0) is 60.2 Å². The molecule has 2 aromatic carbocycles. The lowest BCUT2D eigenvalue weighted by Gasteiger charge is -2.17. The van der Waals surface area contributed by atoms with Gasteiger partial charge in [0.15, 0.2) is 5.58 Å². The zero-order chi connectivity index (χ0) is 24.3. The molecule has 0 saturated heterocycles. The van der Waals surface area contributed by atoms with Gasteiger partial charge < -0.3 is 8.83 Å². The van der Waals surface area contributed by atoms with E-state index in [0.29, 0.717) is 17.5 Å². The first-order chi connectivity index (χ1) is 16.9. The minimum absolute atomic E-state index is 0.392. The molecule has 4 aromatic heterocycles. The molecule has 0 radical (unpaired) electrons. The summed E-state index contributed by atoms with van der Waals surface area (Å²) >= 11 is 0. The van der Waals surface area contributed by atoms with Gasteiger partial charge in [0.2, 0.25) is 5.71 Å². The first-order valence-corrected chi connectivity index (χ1v) is 12.2. The second kappa shape index (κ2) is 8.09. The summed E-state index contributed by atoms with van der Waals surface area (Å²) in [5, 5.41) is 2.07. The zero-order valence-electron chi connectivity index (χ0n) is 20.7. The number of rotatable bonds is 4. The fraction of sp³-hybridized carbons (Fsp3) is 0.226. The molecule has 35 heavy (non-hydrogen) atoms. The van der Waals surface area contributed by atoms with E-state index in [1.807, 2.05) is 31.2 Å².